The number of hydrogen-bond donors (Lipinski definition) is 2. The van der Waals surface area contributed by atoms with Crippen molar-refractivity contribution in [2.24, 2.45) is 0 Å². The minimum atomic E-state index is -0.409. The summed E-state index contributed by atoms with van der Waals surface area (Å²) >= 11 is 3.26. The molecular formula is C14H13BrN2O3. The Balaban J connectivity index is 2.10. The van der Waals surface area contributed by atoms with Gasteiger partial charge in [-0.15, -0.1) is 0 Å². The van der Waals surface area contributed by atoms with Crippen LogP contribution in [-0.4, -0.2) is 10.0 Å². The topological polar surface area (TPSA) is 75.4 Å². The van der Waals surface area contributed by atoms with Crippen molar-refractivity contribution in [3.63, 3.8) is 0 Å². The summed E-state index contributed by atoms with van der Waals surface area (Å²) in [4.78, 5) is 10.3. The summed E-state index contributed by atoms with van der Waals surface area (Å²) in [5.74, 6) is 0.195. The van der Waals surface area contributed by atoms with Gasteiger partial charge < -0.3 is 10.4 Å². The largest absolute Gasteiger partial charge is 0.507 e. The average molecular weight is 337 g/mol. The Bertz CT molecular complexity index is 659. The van der Waals surface area contributed by atoms with Gasteiger partial charge >= 0.3 is 0 Å². The monoisotopic (exact) mass is 336 g/mol. The van der Waals surface area contributed by atoms with Gasteiger partial charge in [-0.05, 0) is 52.2 Å². The first-order valence-corrected chi connectivity index (χ1v) is 6.73. The predicted molar refractivity (Wildman–Crippen MR) is 81.0 cm³/mol. The number of rotatable bonds is 4. The molecular weight excluding hydrogens is 324 g/mol. The van der Waals surface area contributed by atoms with Crippen LogP contribution in [0.25, 0.3) is 0 Å². The predicted octanol–water partition coefficient (Wildman–Crippen LogP) is 3.98. The second-order valence-corrected chi connectivity index (χ2v) is 5.25. The fraction of sp³-hybridized carbons (Fsp3) is 0.143. The van der Waals surface area contributed by atoms with Gasteiger partial charge in [0.2, 0.25) is 0 Å². The zero-order valence-electron chi connectivity index (χ0n) is 10.8. The molecule has 0 aliphatic heterocycles. The number of nitrogens with zero attached hydrogens (tertiary/aromatic N) is 1. The van der Waals surface area contributed by atoms with Crippen LogP contribution < -0.4 is 5.32 Å². The number of hydrogen-bond acceptors (Lipinski definition) is 4. The maximum Gasteiger partial charge on any atom is 0.269 e. The second kappa shape index (κ2) is 5.92. The Morgan fingerprint density at radius 3 is 2.65 bits per heavy atom. The number of non-ortho nitro benzene ring substituents is 1. The zero-order chi connectivity index (χ0) is 14.7. The van der Waals surface area contributed by atoms with Crippen molar-refractivity contribution in [2.75, 3.05) is 5.32 Å². The van der Waals surface area contributed by atoms with Crippen molar-refractivity contribution in [3.8, 4) is 5.75 Å². The lowest BCUT2D eigenvalue weighted by Gasteiger charge is -2.10. The van der Waals surface area contributed by atoms with Crippen molar-refractivity contribution in [3.05, 3.63) is 62.1 Å². The van der Waals surface area contributed by atoms with E-state index in [1.165, 1.54) is 12.1 Å². The fourth-order valence-corrected chi connectivity index (χ4v) is 2.24. The molecule has 6 heteroatoms. The van der Waals surface area contributed by atoms with Gasteiger partial charge in [-0.3, -0.25) is 10.1 Å². The molecule has 0 fully saturated rings. The molecule has 0 bridgehead atoms. The van der Waals surface area contributed by atoms with Gasteiger partial charge in [-0.2, -0.15) is 0 Å². The van der Waals surface area contributed by atoms with Gasteiger partial charge in [0.25, 0.3) is 5.69 Å². The lowest BCUT2D eigenvalue weighted by atomic mass is 10.1. The van der Waals surface area contributed by atoms with Gasteiger partial charge in [0.05, 0.1) is 9.40 Å². The van der Waals surface area contributed by atoms with Crippen molar-refractivity contribution in [1.82, 2.24) is 0 Å². The van der Waals surface area contributed by atoms with E-state index in [9.17, 15) is 15.2 Å². The molecule has 0 spiro atoms. The van der Waals surface area contributed by atoms with Crippen molar-refractivity contribution < 1.29 is 10.0 Å². The van der Waals surface area contributed by atoms with E-state index in [1.54, 1.807) is 12.1 Å². The number of nitro benzene ring substituents is 1. The van der Waals surface area contributed by atoms with Crippen LogP contribution in [0.2, 0.25) is 0 Å². The van der Waals surface area contributed by atoms with Crippen LogP contribution in [0.15, 0.2) is 40.9 Å². The van der Waals surface area contributed by atoms with E-state index in [-0.39, 0.29) is 11.4 Å². The molecule has 20 heavy (non-hydrogen) atoms. The van der Waals surface area contributed by atoms with Gasteiger partial charge in [0, 0.05) is 24.4 Å². The van der Waals surface area contributed by atoms with E-state index in [2.05, 4.69) is 21.2 Å². The molecule has 0 saturated heterocycles. The molecule has 0 saturated carbocycles. The van der Waals surface area contributed by atoms with Gasteiger partial charge in [0.15, 0.2) is 0 Å². The van der Waals surface area contributed by atoms with E-state index in [4.69, 9.17) is 0 Å². The molecule has 104 valence electrons. The molecule has 0 atom stereocenters. The zero-order valence-corrected chi connectivity index (χ0v) is 12.3. The Morgan fingerprint density at radius 1 is 1.30 bits per heavy atom. The molecule has 0 aliphatic rings. The highest BCUT2D eigenvalue weighted by atomic mass is 79.9. The Kier molecular flexibility index (Phi) is 4.24. The molecule has 2 N–H and O–H groups in total. The minimum absolute atomic E-state index is 0.0837. The first-order chi connectivity index (χ1) is 9.47. The normalized spacial score (nSPS) is 10.3. The number of aryl methyl sites for hydroxylation is 1. The number of phenolic OH excluding ortho intramolecular Hbond substituents is 1. The summed E-state index contributed by atoms with van der Waals surface area (Å²) in [6.07, 6.45) is 0. The lowest BCUT2D eigenvalue weighted by molar-refractivity contribution is -0.384. The smallest absolute Gasteiger partial charge is 0.269 e. The van der Waals surface area contributed by atoms with E-state index >= 15 is 0 Å². The third-order valence-corrected chi connectivity index (χ3v) is 3.55. The first-order valence-electron chi connectivity index (χ1n) is 5.93. The first kappa shape index (κ1) is 14.3. The van der Waals surface area contributed by atoms with Crippen LogP contribution in [0.4, 0.5) is 11.4 Å². The summed E-state index contributed by atoms with van der Waals surface area (Å²) in [6.45, 7) is 2.39. The fourth-order valence-electron chi connectivity index (χ4n) is 1.82. The van der Waals surface area contributed by atoms with E-state index in [0.717, 1.165) is 16.8 Å². The number of nitro groups is 1. The quantitative estimate of drug-likeness (QED) is 0.654. The van der Waals surface area contributed by atoms with Crippen LogP contribution in [-0.2, 0) is 6.54 Å². The van der Waals surface area contributed by atoms with Crippen LogP contribution in [0, 0.1) is 17.0 Å². The molecule has 0 aromatic heterocycles. The Hall–Kier alpha value is -2.08. The second-order valence-electron chi connectivity index (χ2n) is 4.40. The third-order valence-electron chi connectivity index (χ3n) is 2.92. The molecule has 0 radical (unpaired) electrons. The molecule has 2 aromatic rings. The maximum atomic E-state index is 10.7. The van der Waals surface area contributed by atoms with Crippen LogP contribution in [0.1, 0.15) is 11.1 Å². The molecule has 0 amide bonds. The average Bonchev–Trinajstić information content (AvgIpc) is 2.41. The number of nitrogens with one attached hydrogen (secondary N) is 1. The minimum Gasteiger partial charge on any atom is -0.507 e. The summed E-state index contributed by atoms with van der Waals surface area (Å²) in [5.41, 5.74) is 2.74. The van der Waals surface area contributed by atoms with Gasteiger partial charge in [-0.1, -0.05) is 6.07 Å². The summed E-state index contributed by atoms with van der Waals surface area (Å²) in [6, 6.07) is 9.96. The Labute approximate surface area is 124 Å². The third kappa shape index (κ3) is 3.27. The SMILES string of the molecule is Cc1cc([N+](=O)[O-])ccc1NCc1ccc(O)c(Br)c1. The summed E-state index contributed by atoms with van der Waals surface area (Å²) in [7, 11) is 0. The van der Waals surface area contributed by atoms with Crippen LogP contribution >= 0.6 is 15.9 Å². The van der Waals surface area contributed by atoms with Crippen molar-refractivity contribution >= 4 is 27.3 Å². The van der Waals surface area contributed by atoms with Crippen molar-refractivity contribution in [2.45, 2.75) is 13.5 Å². The highest BCUT2D eigenvalue weighted by Crippen LogP contribution is 2.25. The van der Waals surface area contributed by atoms with E-state index < -0.39 is 4.92 Å². The number of anilines is 1. The molecule has 2 rings (SSSR count). The van der Waals surface area contributed by atoms with Crippen LogP contribution in [0.5, 0.6) is 5.75 Å². The van der Waals surface area contributed by atoms with Crippen LogP contribution in [0.3, 0.4) is 0 Å². The van der Waals surface area contributed by atoms with E-state index in [0.29, 0.717) is 11.0 Å². The summed E-state index contributed by atoms with van der Waals surface area (Å²) < 4.78 is 0.636. The number of benzene rings is 2. The lowest BCUT2D eigenvalue weighted by Crippen LogP contribution is -2.01. The van der Waals surface area contributed by atoms with Crippen molar-refractivity contribution in [1.29, 1.82) is 0 Å². The standard InChI is InChI=1S/C14H13BrN2O3/c1-9-6-11(17(19)20)3-4-13(9)16-8-10-2-5-14(18)12(15)7-10/h2-7,16,18H,8H2,1H3. The molecule has 0 aliphatic carbocycles. The number of aromatic hydroxyl groups is 1. The van der Waals surface area contributed by atoms with E-state index in [1.807, 2.05) is 19.1 Å². The molecule has 2 aromatic carbocycles. The number of halogens is 1. The maximum absolute atomic E-state index is 10.7. The van der Waals surface area contributed by atoms with Gasteiger partial charge in [0.1, 0.15) is 5.75 Å². The molecule has 5 nitrogen and oxygen atoms in total. The molecule has 0 heterocycles. The molecule has 0 unspecified atom stereocenters. The highest BCUT2D eigenvalue weighted by Gasteiger charge is 2.08. The highest BCUT2D eigenvalue weighted by molar-refractivity contribution is 9.10. The summed E-state index contributed by atoms with van der Waals surface area (Å²) in [5, 5.41) is 23.3. The van der Waals surface area contributed by atoms with Gasteiger partial charge in [-0.25, -0.2) is 0 Å². The number of phenols is 1. The Morgan fingerprint density at radius 2 is 2.05 bits per heavy atom.